The molecule has 0 saturated heterocycles. The summed E-state index contributed by atoms with van der Waals surface area (Å²) in [6.45, 7) is 0.665. The molecule has 0 spiro atoms. The van der Waals surface area contributed by atoms with E-state index in [9.17, 15) is 14.4 Å². The zero-order valence-electron chi connectivity index (χ0n) is 17.2. The monoisotopic (exact) mass is 417 g/mol. The maximum Gasteiger partial charge on any atom is 0.344 e. The van der Waals surface area contributed by atoms with Gasteiger partial charge in [-0.05, 0) is 42.7 Å². The molecule has 0 saturated carbocycles. The predicted octanol–water partition coefficient (Wildman–Crippen LogP) is 4.04. The number of carbonyl (C=O) groups excluding carboxylic acids is 3. The molecule has 1 amide bonds. The van der Waals surface area contributed by atoms with Gasteiger partial charge in [0.05, 0.1) is 0 Å². The summed E-state index contributed by atoms with van der Waals surface area (Å²) < 4.78 is 10.3. The van der Waals surface area contributed by atoms with Crippen molar-refractivity contribution in [3.63, 3.8) is 0 Å². The van der Waals surface area contributed by atoms with Crippen molar-refractivity contribution >= 4 is 23.3 Å². The van der Waals surface area contributed by atoms with Crippen LogP contribution in [-0.4, -0.2) is 30.9 Å². The van der Waals surface area contributed by atoms with Crippen LogP contribution in [0.4, 0.5) is 5.69 Å². The van der Waals surface area contributed by atoms with Gasteiger partial charge >= 0.3 is 5.97 Å². The van der Waals surface area contributed by atoms with E-state index in [1.54, 1.807) is 24.3 Å². The first-order valence-electron chi connectivity index (χ1n) is 9.82. The molecule has 6 nitrogen and oxygen atoms in total. The van der Waals surface area contributed by atoms with E-state index in [-0.39, 0.29) is 12.4 Å². The maximum atomic E-state index is 12.2. The Morgan fingerprint density at radius 3 is 2.35 bits per heavy atom. The van der Waals surface area contributed by atoms with Crippen molar-refractivity contribution in [1.29, 1.82) is 0 Å². The molecule has 3 rings (SSSR count). The molecule has 0 fully saturated rings. The fourth-order valence-corrected chi connectivity index (χ4v) is 2.93. The topological polar surface area (TPSA) is 81.7 Å². The first-order chi connectivity index (χ1) is 15.0. The largest absolute Gasteiger partial charge is 0.482 e. The molecule has 0 atom stereocenters. The van der Waals surface area contributed by atoms with Crippen LogP contribution < -0.4 is 10.1 Å². The van der Waals surface area contributed by atoms with Crippen molar-refractivity contribution in [3.8, 4) is 5.75 Å². The highest BCUT2D eigenvalue weighted by Crippen LogP contribution is 2.19. The number of hydrogen-bond donors (Lipinski definition) is 1. The number of ether oxygens (including phenoxy) is 2. The number of esters is 1. The van der Waals surface area contributed by atoms with E-state index in [4.69, 9.17) is 9.47 Å². The highest BCUT2D eigenvalue weighted by atomic mass is 16.6. The van der Waals surface area contributed by atoms with Crippen molar-refractivity contribution in [2.24, 2.45) is 0 Å². The molecule has 0 aliphatic carbocycles. The van der Waals surface area contributed by atoms with Gasteiger partial charge in [-0.3, -0.25) is 9.59 Å². The highest BCUT2D eigenvalue weighted by Gasteiger charge is 2.11. The molecule has 158 valence electrons. The second-order valence-corrected chi connectivity index (χ2v) is 6.90. The van der Waals surface area contributed by atoms with Crippen molar-refractivity contribution in [1.82, 2.24) is 0 Å². The third-order valence-electron chi connectivity index (χ3n) is 4.49. The SMILES string of the molecule is CC(=O)c1cccc(OCC(=O)OCC(=O)Nc2ccccc2Cc2ccccc2)c1. The molecule has 3 aromatic rings. The Balaban J connectivity index is 1.48. The summed E-state index contributed by atoms with van der Waals surface area (Å²) in [7, 11) is 0. The van der Waals surface area contributed by atoms with Crippen LogP contribution in [0.3, 0.4) is 0 Å². The first kappa shape index (κ1) is 21.8. The van der Waals surface area contributed by atoms with Gasteiger partial charge in [-0.1, -0.05) is 60.7 Å². The van der Waals surface area contributed by atoms with Gasteiger partial charge in [-0.2, -0.15) is 0 Å². The number of Topliss-reactive ketones (excluding diaryl/α,β-unsaturated/α-hetero) is 1. The van der Waals surface area contributed by atoms with Gasteiger partial charge in [0, 0.05) is 11.3 Å². The summed E-state index contributed by atoms with van der Waals surface area (Å²) in [5.74, 6) is -0.838. The summed E-state index contributed by atoms with van der Waals surface area (Å²) in [4.78, 5) is 35.6. The van der Waals surface area contributed by atoms with Gasteiger partial charge in [0.15, 0.2) is 19.0 Å². The van der Waals surface area contributed by atoms with Crippen molar-refractivity contribution < 1.29 is 23.9 Å². The van der Waals surface area contributed by atoms with Crippen LogP contribution in [0.2, 0.25) is 0 Å². The van der Waals surface area contributed by atoms with Gasteiger partial charge in [0.2, 0.25) is 0 Å². The van der Waals surface area contributed by atoms with Gasteiger partial charge in [0.1, 0.15) is 5.75 Å². The lowest BCUT2D eigenvalue weighted by Crippen LogP contribution is -2.24. The lowest BCUT2D eigenvalue weighted by Gasteiger charge is -2.12. The summed E-state index contributed by atoms with van der Waals surface area (Å²) in [5, 5.41) is 2.79. The zero-order valence-corrected chi connectivity index (χ0v) is 17.2. The molecular weight excluding hydrogens is 394 g/mol. The lowest BCUT2D eigenvalue weighted by atomic mass is 10.0. The molecule has 0 radical (unpaired) electrons. The number of carbonyl (C=O) groups is 3. The Labute approximate surface area is 180 Å². The minimum Gasteiger partial charge on any atom is -0.482 e. The molecule has 31 heavy (non-hydrogen) atoms. The molecular formula is C25H23NO5. The average Bonchev–Trinajstić information content (AvgIpc) is 2.78. The van der Waals surface area contributed by atoms with Crippen LogP contribution in [-0.2, 0) is 20.7 Å². The molecule has 1 N–H and O–H groups in total. The molecule has 0 heterocycles. The zero-order chi connectivity index (χ0) is 22.1. The summed E-state index contributed by atoms with van der Waals surface area (Å²) >= 11 is 0. The molecule has 0 aliphatic rings. The summed E-state index contributed by atoms with van der Waals surface area (Å²) in [6.07, 6.45) is 0.671. The van der Waals surface area contributed by atoms with Crippen LogP contribution >= 0.6 is 0 Å². The molecule has 6 heteroatoms. The van der Waals surface area contributed by atoms with Crippen molar-refractivity contribution in [2.45, 2.75) is 13.3 Å². The van der Waals surface area contributed by atoms with Crippen LogP contribution in [0.15, 0.2) is 78.9 Å². The van der Waals surface area contributed by atoms with E-state index in [0.29, 0.717) is 23.4 Å². The van der Waals surface area contributed by atoms with E-state index in [1.165, 1.54) is 6.92 Å². The minimum atomic E-state index is -0.680. The van der Waals surface area contributed by atoms with E-state index in [0.717, 1.165) is 11.1 Å². The molecule has 3 aromatic carbocycles. The third kappa shape index (κ3) is 6.82. The first-order valence-corrected chi connectivity index (χ1v) is 9.82. The van der Waals surface area contributed by atoms with Crippen LogP contribution in [0.5, 0.6) is 5.75 Å². The Kier molecular flexibility index (Phi) is 7.54. The van der Waals surface area contributed by atoms with Gasteiger partial charge in [-0.15, -0.1) is 0 Å². The minimum absolute atomic E-state index is 0.0998. The van der Waals surface area contributed by atoms with E-state index in [2.05, 4.69) is 5.32 Å². The Morgan fingerprint density at radius 1 is 0.839 bits per heavy atom. The predicted molar refractivity (Wildman–Crippen MR) is 117 cm³/mol. The number of anilines is 1. The molecule has 0 bridgehead atoms. The molecule has 0 aliphatic heterocycles. The fourth-order valence-electron chi connectivity index (χ4n) is 2.93. The second-order valence-electron chi connectivity index (χ2n) is 6.90. The number of hydrogen-bond acceptors (Lipinski definition) is 5. The fraction of sp³-hybridized carbons (Fsp3) is 0.160. The number of ketones is 1. The Hall–Kier alpha value is -3.93. The lowest BCUT2D eigenvalue weighted by molar-refractivity contribution is -0.149. The summed E-state index contributed by atoms with van der Waals surface area (Å²) in [6, 6.07) is 23.9. The third-order valence-corrected chi connectivity index (χ3v) is 4.49. The number of rotatable bonds is 9. The highest BCUT2D eigenvalue weighted by molar-refractivity contribution is 5.94. The van der Waals surface area contributed by atoms with Crippen LogP contribution in [0.25, 0.3) is 0 Å². The van der Waals surface area contributed by atoms with E-state index >= 15 is 0 Å². The van der Waals surface area contributed by atoms with Crippen molar-refractivity contribution in [2.75, 3.05) is 18.5 Å². The standard InChI is InChI=1S/C25H23NO5/c1-18(27)20-11-7-12-22(15-20)30-17-25(29)31-16-24(28)26-23-13-6-5-10-21(23)14-19-8-3-2-4-9-19/h2-13,15H,14,16-17H2,1H3,(H,26,28). The van der Waals surface area contributed by atoms with Crippen LogP contribution in [0, 0.1) is 0 Å². The average molecular weight is 417 g/mol. The van der Waals surface area contributed by atoms with Crippen molar-refractivity contribution in [3.05, 3.63) is 95.6 Å². The normalized spacial score (nSPS) is 10.2. The molecule has 0 unspecified atom stereocenters. The number of nitrogens with one attached hydrogen (secondary N) is 1. The molecule has 0 aromatic heterocycles. The van der Waals surface area contributed by atoms with Gasteiger partial charge in [0.25, 0.3) is 5.91 Å². The summed E-state index contributed by atoms with van der Waals surface area (Å²) in [5.41, 5.74) is 3.24. The number of benzene rings is 3. The quantitative estimate of drug-likeness (QED) is 0.420. The Bertz CT molecular complexity index is 1060. The second kappa shape index (κ2) is 10.7. The van der Waals surface area contributed by atoms with Gasteiger partial charge in [-0.25, -0.2) is 4.79 Å². The Morgan fingerprint density at radius 2 is 1.58 bits per heavy atom. The smallest absolute Gasteiger partial charge is 0.344 e. The number of amides is 1. The van der Waals surface area contributed by atoms with Crippen LogP contribution in [0.1, 0.15) is 28.4 Å². The van der Waals surface area contributed by atoms with Gasteiger partial charge < -0.3 is 14.8 Å². The number of para-hydroxylation sites is 1. The van der Waals surface area contributed by atoms with E-state index in [1.807, 2.05) is 54.6 Å². The van der Waals surface area contributed by atoms with E-state index < -0.39 is 18.5 Å². The maximum absolute atomic E-state index is 12.2.